The van der Waals surface area contributed by atoms with Crippen LogP contribution in [0.5, 0.6) is 0 Å². The summed E-state index contributed by atoms with van der Waals surface area (Å²) in [6.07, 6.45) is -1.03. The summed E-state index contributed by atoms with van der Waals surface area (Å²) in [5.74, 6) is -4.07. The van der Waals surface area contributed by atoms with Crippen LogP contribution in [0.25, 0.3) is 0 Å². The summed E-state index contributed by atoms with van der Waals surface area (Å²) in [6, 6.07) is 0. The lowest BCUT2D eigenvalue weighted by molar-refractivity contribution is -0.338. The Morgan fingerprint density at radius 2 is 1.48 bits per heavy atom. The molecule has 308 valence electrons. The first-order chi connectivity index (χ1) is 25.2. The molecule has 3 N–H and O–H groups in total. The number of aliphatic hydroxyl groups excluding tert-OH is 3. The minimum atomic E-state index is -1.63. The maximum Gasteiger partial charge on any atom is 0.345 e. The highest BCUT2D eigenvalue weighted by Gasteiger charge is 2.48. The highest BCUT2D eigenvalue weighted by Crippen LogP contribution is 2.45. The third kappa shape index (κ3) is 11.7. The summed E-state index contributed by atoms with van der Waals surface area (Å²) >= 11 is 0. The molecule has 2 fully saturated rings. The molecule has 0 aromatic carbocycles. The zero-order valence-corrected chi connectivity index (χ0v) is 34.0. The second kappa shape index (κ2) is 20.0. The smallest absolute Gasteiger partial charge is 0.345 e. The predicted octanol–water partition coefficient (Wildman–Crippen LogP) is 4.79. The van der Waals surface area contributed by atoms with Crippen molar-refractivity contribution in [3.8, 4) is 0 Å². The van der Waals surface area contributed by atoms with Crippen molar-refractivity contribution in [2.24, 2.45) is 35.5 Å². The van der Waals surface area contributed by atoms with Crippen LogP contribution in [0.1, 0.15) is 127 Å². The van der Waals surface area contributed by atoms with E-state index in [1.807, 2.05) is 6.92 Å². The summed E-state index contributed by atoms with van der Waals surface area (Å²) in [5, 5.41) is 32.7. The average Bonchev–Trinajstić information content (AvgIpc) is 3.37. The molecule has 1 spiro atoms. The van der Waals surface area contributed by atoms with E-state index < -0.39 is 66.6 Å². The van der Waals surface area contributed by atoms with Crippen molar-refractivity contribution >= 4 is 29.5 Å². The number of ketones is 2. The topological polar surface area (TPSA) is 192 Å². The van der Waals surface area contributed by atoms with Crippen molar-refractivity contribution in [1.29, 1.82) is 0 Å². The molecule has 13 nitrogen and oxygen atoms in total. The second-order valence-electron chi connectivity index (χ2n) is 16.8. The van der Waals surface area contributed by atoms with Crippen LogP contribution in [0.2, 0.25) is 0 Å². The number of Topliss-reactive ketones (excluding diaryl/α,β-unsaturated/α-hetero) is 2. The first-order valence-electron chi connectivity index (χ1n) is 19.8. The maximum atomic E-state index is 13.3. The van der Waals surface area contributed by atoms with Gasteiger partial charge >= 0.3 is 17.9 Å². The molecule has 0 amide bonds. The molecule has 13 heteroatoms. The van der Waals surface area contributed by atoms with Crippen LogP contribution < -0.4 is 0 Å². The van der Waals surface area contributed by atoms with E-state index in [0.29, 0.717) is 18.8 Å². The first kappa shape index (κ1) is 45.8. The van der Waals surface area contributed by atoms with Crippen LogP contribution in [0, 0.1) is 35.5 Å². The zero-order valence-electron chi connectivity index (χ0n) is 34.0. The van der Waals surface area contributed by atoms with Crippen LogP contribution in [0.4, 0.5) is 0 Å². The van der Waals surface area contributed by atoms with Crippen molar-refractivity contribution in [2.45, 2.75) is 175 Å². The predicted molar refractivity (Wildman–Crippen MR) is 197 cm³/mol. The third-order valence-electron chi connectivity index (χ3n) is 12.1. The molecule has 3 aliphatic rings. The molecule has 0 aliphatic carbocycles. The van der Waals surface area contributed by atoms with E-state index >= 15 is 0 Å². The van der Waals surface area contributed by atoms with Crippen molar-refractivity contribution in [2.75, 3.05) is 7.11 Å². The van der Waals surface area contributed by atoms with Crippen molar-refractivity contribution in [1.82, 2.24) is 0 Å². The summed E-state index contributed by atoms with van der Waals surface area (Å²) in [4.78, 5) is 61.6. The third-order valence-corrected chi connectivity index (χ3v) is 12.1. The standard InChI is InChI=1S/C41H66O13/c1-21(2)36(51-34(47)20-31(45)35-27(8)39(48)52-40(35)49)38(50-10)32(46)19-30(44)26(7)29(43)13-11-24(5)37-25(6)16-18-41(54-37)17-15-23(4)33(53-41)14-12-22(3)28(9)42/h21-26,29,31-33,36-38,43,45-46H,11-20H2,1-10H3/t22-,23+,24+,25-,26-,29?,31+,32+,33-,36+,37+,38+,41+/m0/s1. The molecule has 3 aliphatic heterocycles. The minimum absolute atomic E-state index is 0.00210. The minimum Gasteiger partial charge on any atom is -0.459 e. The van der Waals surface area contributed by atoms with Crippen LogP contribution in [-0.4, -0.2) is 100 Å². The van der Waals surface area contributed by atoms with Gasteiger partial charge in [-0.05, 0) is 76.0 Å². The lowest BCUT2D eigenvalue weighted by atomic mass is 9.79. The number of esters is 3. The van der Waals surface area contributed by atoms with Gasteiger partial charge < -0.3 is 39.0 Å². The number of carbonyl (C=O) groups excluding carboxylic acids is 5. The number of carbonyl (C=O) groups is 5. The molecule has 0 radical (unpaired) electrons. The van der Waals surface area contributed by atoms with Gasteiger partial charge in [-0.1, -0.05) is 48.5 Å². The molecule has 0 aromatic heterocycles. The fraction of sp³-hybridized carbons (Fsp3) is 0.829. The molecular weight excluding hydrogens is 700 g/mol. The van der Waals surface area contributed by atoms with Crippen molar-refractivity contribution < 1.29 is 63.0 Å². The van der Waals surface area contributed by atoms with Gasteiger partial charge in [0.1, 0.15) is 23.8 Å². The number of hydrogen-bond acceptors (Lipinski definition) is 13. The SMILES string of the molecule is CO[C@H]([C@H](O)CC(=O)[C@@H](C)C(O)CC[C@@H](C)[C@H]1O[C@]2(CC[C@@H](C)[C@H](CC[C@H](C)C(C)=O)O2)CC[C@@H]1C)[C@H](OC(=O)C[C@@H](O)C1=C(C)C(=O)OC1=O)C(C)C. The van der Waals surface area contributed by atoms with Gasteiger partial charge in [0.05, 0.1) is 42.5 Å². The number of aliphatic hydroxyl groups is 3. The number of cyclic esters (lactones) is 2. The van der Waals surface area contributed by atoms with E-state index in [2.05, 4.69) is 25.5 Å². The Morgan fingerprint density at radius 3 is 2.04 bits per heavy atom. The Kier molecular flexibility index (Phi) is 17.0. The molecule has 0 aromatic rings. The summed E-state index contributed by atoms with van der Waals surface area (Å²) in [6.45, 7) is 16.5. The number of rotatable bonds is 20. The summed E-state index contributed by atoms with van der Waals surface area (Å²) in [5.41, 5.74) is -0.403. The van der Waals surface area contributed by atoms with E-state index in [1.165, 1.54) is 14.0 Å². The fourth-order valence-corrected chi connectivity index (χ4v) is 8.02. The number of methoxy groups -OCH3 is 1. The lowest BCUT2D eigenvalue weighted by Crippen LogP contribution is -2.53. The Hall–Kier alpha value is -2.55. The van der Waals surface area contributed by atoms with Crippen LogP contribution in [0.15, 0.2) is 11.1 Å². The molecule has 3 rings (SSSR count). The molecule has 0 saturated carbocycles. The maximum absolute atomic E-state index is 13.3. The molecule has 1 unspecified atom stereocenters. The van der Waals surface area contributed by atoms with Crippen LogP contribution in [-0.2, 0) is 47.7 Å². The van der Waals surface area contributed by atoms with Gasteiger partial charge in [0.25, 0.3) is 0 Å². The Morgan fingerprint density at radius 1 is 0.852 bits per heavy atom. The highest BCUT2D eigenvalue weighted by atomic mass is 16.7. The van der Waals surface area contributed by atoms with Crippen molar-refractivity contribution in [3.05, 3.63) is 11.1 Å². The number of hydrogen-bond donors (Lipinski definition) is 3. The first-order valence-corrected chi connectivity index (χ1v) is 19.8. The quantitative estimate of drug-likeness (QED) is 0.113. The average molecular weight is 767 g/mol. The van der Waals surface area contributed by atoms with Crippen LogP contribution >= 0.6 is 0 Å². The summed E-state index contributed by atoms with van der Waals surface area (Å²) < 4.78 is 29.1. The van der Waals surface area contributed by atoms with Gasteiger partial charge in [-0.25, -0.2) is 9.59 Å². The molecule has 3 heterocycles. The summed E-state index contributed by atoms with van der Waals surface area (Å²) in [7, 11) is 1.32. The van der Waals surface area contributed by atoms with E-state index in [9.17, 15) is 39.3 Å². The number of ether oxygens (including phenoxy) is 5. The van der Waals surface area contributed by atoms with Gasteiger partial charge in [-0.15, -0.1) is 0 Å². The normalized spacial score (nSPS) is 29.3. The molecule has 13 atom stereocenters. The monoisotopic (exact) mass is 766 g/mol. The highest BCUT2D eigenvalue weighted by molar-refractivity contribution is 6.12. The Labute approximate surface area is 320 Å². The van der Waals surface area contributed by atoms with E-state index in [0.717, 1.165) is 38.5 Å². The molecule has 0 bridgehead atoms. The molecule has 2 saturated heterocycles. The van der Waals surface area contributed by atoms with E-state index in [4.69, 9.17) is 18.9 Å². The fourth-order valence-electron chi connectivity index (χ4n) is 8.02. The molecule has 54 heavy (non-hydrogen) atoms. The largest absolute Gasteiger partial charge is 0.459 e. The lowest BCUT2D eigenvalue weighted by Gasteiger charge is -2.51. The Balaban J connectivity index is 1.54. The molecular formula is C41H66O13. The van der Waals surface area contributed by atoms with Gasteiger partial charge in [-0.3, -0.25) is 14.4 Å². The second-order valence-corrected chi connectivity index (χ2v) is 16.8. The van der Waals surface area contributed by atoms with Crippen LogP contribution in [0.3, 0.4) is 0 Å². The van der Waals surface area contributed by atoms with Crippen molar-refractivity contribution in [3.63, 3.8) is 0 Å². The van der Waals surface area contributed by atoms with Gasteiger partial charge in [0.2, 0.25) is 0 Å². The van der Waals surface area contributed by atoms with Gasteiger partial charge in [-0.2, -0.15) is 0 Å². The van der Waals surface area contributed by atoms with E-state index in [1.54, 1.807) is 27.7 Å². The van der Waals surface area contributed by atoms with Gasteiger partial charge in [0.15, 0.2) is 5.79 Å². The van der Waals surface area contributed by atoms with Gasteiger partial charge in [0, 0.05) is 43.8 Å². The zero-order chi connectivity index (χ0) is 40.7. The van der Waals surface area contributed by atoms with E-state index in [-0.39, 0.29) is 65.0 Å². The Bertz CT molecular complexity index is 1350.